The Hall–Kier alpha value is -1.19. The summed E-state index contributed by atoms with van der Waals surface area (Å²) in [6.07, 6.45) is 67.6. The summed E-state index contributed by atoms with van der Waals surface area (Å²) in [6.45, 7) is 19.4. The number of carbonyl (C=O) groups is 1. The average Bonchev–Trinajstić information content (AvgIpc) is 3.58. The second-order valence-corrected chi connectivity index (χ2v) is 29.1. The van der Waals surface area contributed by atoms with Gasteiger partial charge >= 0.3 is 5.97 Å². The van der Waals surface area contributed by atoms with Gasteiger partial charge < -0.3 is 25.2 Å². The zero-order valence-electron chi connectivity index (χ0n) is 58.4. The van der Waals surface area contributed by atoms with Crippen molar-refractivity contribution < 1.29 is 30.0 Å². The molecule has 0 aliphatic carbocycles. The second kappa shape index (κ2) is 67.2. The fraction of sp³-hybridized carbons (Fsp3) is 0.882. The fourth-order valence-corrected chi connectivity index (χ4v) is 14.1. The van der Waals surface area contributed by atoms with Crippen molar-refractivity contribution >= 4 is 27.6 Å². The molecule has 0 bridgehead atoms. The minimum atomic E-state index is -0.407. The molecule has 4 atom stereocenters. The molecule has 10 nitrogen and oxygen atoms in total. The highest BCUT2D eigenvalue weighted by atomic mass is 33.1. The zero-order chi connectivity index (χ0) is 63.7. The van der Waals surface area contributed by atoms with E-state index < -0.39 is 12.2 Å². The van der Waals surface area contributed by atoms with Crippen LogP contribution in [0.5, 0.6) is 0 Å². The number of allylic oxidation sites excluding steroid dienone is 8. The molecule has 0 radical (unpaired) electrons. The molecule has 12 heteroatoms. The van der Waals surface area contributed by atoms with Crippen molar-refractivity contribution in [2.24, 2.45) is 0 Å². The Morgan fingerprint density at radius 1 is 0.386 bits per heavy atom. The number of rotatable bonds is 68. The summed E-state index contributed by atoms with van der Waals surface area (Å²) in [5.41, 5.74) is 0. The number of hydrogen-bond donors (Lipinski definition) is 4. The minimum absolute atomic E-state index is 0.146. The predicted molar refractivity (Wildman–Crippen MR) is 388 cm³/mol. The number of piperazine rings is 1. The minimum Gasteiger partial charge on any atom is -0.464 e. The van der Waals surface area contributed by atoms with Gasteiger partial charge in [0.2, 0.25) is 0 Å². The topological polar surface area (TPSA) is 120 Å². The standard InChI is InChI=1S/C76H146N4O6S2/c1-5-9-13-17-21-25-27-29-31-33-35-39-43-47-52-72(81)68-79(69-73(82)53-48-44-40-36-34-32-30-28-26-22-18-14-10-6-2)57-49-50-66-87-88-67-64-78-61-59-77(60-62-78)63-65-86-76(85)56-51-58-80(70-74(83)54-45-41-37-23-19-15-11-7-3)71-75(84)55-46-42-38-24-20-16-12-8-4/h21-22,25-26,29-32,72-75,81-84H,5-20,23-24,27-28,33-71H2,1-4H3/b25-21-,26-22-,31-29-,32-30-. The van der Waals surface area contributed by atoms with E-state index >= 15 is 0 Å². The molecule has 0 amide bonds. The van der Waals surface area contributed by atoms with Crippen LogP contribution in [0.3, 0.4) is 0 Å². The van der Waals surface area contributed by atoms with Crippen LogP contribution in [0.25, 0.3) is 0 Å². The van der Waals surface area contributed by atoms with Gasteiger partial charge in [0.1, 0.15) is 6.61 Å². The van der Waals surface area contributed by atoms with Crippen molar-refractivity contribution in [3.8, 4) is 0 Å². The maximum absolute atomic E-state index is 12.9. The molecule has 518 valence electrons. The zero-order valence-corrected chi connectivity index (χ0v) is 60.0. The Balaban J connectivity index is 2.41. The summed E-state index contributed by atoms with van der Waals surface area (Å²) >= 11 is 0. The molecule has 4 unspecified atom stereocenters. The molecule has 1 heterocycles. The first kappa shape index (κ1) is 84.8. The third-order valence-electron chi connectivity index (χ3n) is 17.7. The Morgan fingerprint density at radius 3 is 1.10 bits per heavy atom. The molecule has 0 aromatic rings. The highest BCUT2D eigenvalue weighted by molar-refractivity contribution is 8.76. The van der Waals surface area contributed by atoms with Gasteiger partial charge in [-0.25, -0.2) is 0 Å². The molecule has 0 spiro atoms. The van der Waals surface area contributed by atoms with E-state index in [-0.39, 0.29) is 18.2 Å². The molecular formula is C76H146N4O6S2. The highest BCUT2D eigenvalue weighted by Crippen LogP contribution is 2.23. The molecule has 0 aromatic carbocycles. The van der Waals surface area contributed by atoms with E-state index in [1.807, 2.05) is 21.6 Å². The first-order chi connectivity index (χ1) is 43.2. The maximum atomic E-state index is 12.9. The quantitative estimate of drug-likeness (QED) is 0.0201. The number of unbranched alkanes of at least 4 members (excludes halogenated alkanes) is 29. The molecule has 1 saturated heterocycles. The van der Waals surface area contributed by atoms with Crippen molar-refractivity contribution in [3.05, 3.63) is 48.6 Å². The third-order valence-corrected chi connectivity index (χ3v) is 20.1. The van der Waals surface area contributed by atoms with Gasteiger partial charge in [0.05, 0.1) is 24.4 Å². The Morgan fingerprint density at radius 2 is 0.705 bits per heavy atom. The van der Waals surface area contributed by atoms with Crippen LogP contribution in [0, 0.1) is 0 Å². The van der Waals surface area contributed by atoms with Gasteiger partial charge in [-0.1, -0.05) is 265 Å². The van der Waals surface area contributed by atoms with Gasteiger partial charge in [0, 0.05) is 83.4 Å². The second-order valence-electron chi connectivity index (χ2n) is 26.4. The fourth-order valence-electron chi connectivity index (χ4n) is 12.0. The smallest absolute Gasteiger partial charge is 0.305 e. The van der Waals surface area contributed by atoms with Crippen LogP contribution >= 0.6 is 21.6 Å². The Labute approximate surface area is 553 Å². The van der Waals surface area contributed by atoms with E-state index in [2.05, 4.69) is 95.9 Å². The highest BCUT2D eigenvalue weighted by Gasteiger charge is 2.20. The normalized spacial score (nSPS) is 15.2. The van der Waals surface area contributed by atoms with Crippen LogP contribution in [-0.2, 0) is 9.53 Å². The van der Waals surface area contributed by atoms with E-state index in [1.165, 1.54) is 180 Å². The van der Waals surface area contributed by atoms with Gasteiger partial charge in [0.15, 0.2) is 0 Å². The molecule has 0 saturated carbocycles. The van der Waals surface area contributed by atoms with Crippen LogP contribution < -0.4 is 0 Å². The lowest BCUT2D eigenvalue weighted by Crippen LogP contribution is -2.47. The van der Waals surface area contributed by atoms with Gasteiger partial charge in [-0.05, 0) is 122 Å². The van der Waals surface area contributed by atoms with Gasteiger partial charge in [-0.15, -0.1) is 0 Å². The van der Waals surface area contributed by atoms with Crippen LogP contribution in [0.1, 0.15) is 310 Å². The van der Waals surface area contributed by atoms with E-state index in [1.54, 1.807) is 0 Å². The van der Waals surface area contributed by atoms with Crippen molar-refractivity contribution in [3.63, 3.8) is 0 Å². The summed E-state index contributed by atoms with van der Waals surface area (Å²) in [5.74, 6) is 2.09. The molecule has 0 aromatic heterocycles. The number of aliphatic hydroxyl groups is 4. The number of hydrogen-bond acceptors (Lipinski definition) is 12. The van der Waals surface area contributed by atoms with Crippen molar-refractivity contribution in [2.45, 2.75) is 335 Å². The molecule has 1 aliphatic rings. The molecule has 88 heavy (non-hydrogen) atoms. The van der Waals surface area contributed by atoms with Gasteiger partial charge in [-0.2, -0.15) is 0 Å². The molecule has 1 fully saturated rings. The van der Waals surface area contributed by atoms with Crippen LogP contribution in [0.15, 0.2) is 48.6 Å². The molecule has 1 rings (SSSR count). The number of nitrogens with zero attached hydrogens (tertiary/aromatic N) is 4. The van der Waals surface area contributed by atoms with Crippen LogP contribution in [0.2, 0.25) is 0 Å². The molecule has 4 N–H and O–H groups in total. The average molecular weight is 1280 g/mol. The summed E-state index contributed by atoms with van der Waals surface area (Å²) in [6, 6.07) is 0. The Bertz CT molecular complexity index is 1480. The SMILES string of the molecule is CCCCC/C=C\C/C=C\CCCCCCC(O)CN(CCCCSSCCN1CCN(CCOC(=O)CCCN(CC(O)CCCCCCCCCC)CC(O)CCCCCCCCCC)CC1)CC(O)CCCCCC/C=C\C/C=C\CCCCC. The first-order valence-electron chi connectivity index (χ1n) is 37.8. The summed E-state index contributed by atoms with van der Waals surface area (Å²) in [4.78, 5) is 22.4. The first-order valence-corrected chi connectivity index (χ1v) is 40.3. The number of esters is 1. The van der Waals surface area contributed by atoms with Crippen LogP contribution in [0.4, 0.5) is 0 Å². The number of aliphatic hydroxyl groups excluding tert-OH is 4. The Kier molecular flexibility index (Phi) is 64.8. The van der Waals surface area contributed by atoms with Crippen molar-refractivity contribution in [2.75, 3.05) is 96.6 Å². The van der Waals surface area contributed by atoms with E-state index in [4.69, 9.17) is 4.74 Å². The maximum Gasteiger partial charge on any atom is 0.305 e. The van der Waals surface area contributed by atoms with Gasteiger partial charge in [-0.3, -0.25) is 24.4 Å². The lowest BCUT2D eigenvalue weighted by molar-refractivity contribution is -0.144. The monoisotopic (exact) mass is 1280 g/mol. The van der Waals surface area contributed by atoms with Crippen molar-refractivity contribution in [1.29, 1.82) is 0 Å². The summed E-state index contributed by atoms with van der Waals surface area (Å²) in [5, 5.41) is 44.4. The number of carbonyl (C=O) groups excluding carboxylic acids is 1. The summed E-state index contributed by atoms with van der Waals surface area (Å²) < 4.78 is 5.74. The summed E-state index contributed by atoms with van der Waals surface area (Å²) in [7, 11) is 3.98. The molecule has 1 aliphatic heterocycles. The lowest BCUT2D eigenvalue weighted by Gasteiger charge is -2.34. The van der Waals surface area contributed by atoms with Gasteiger partial charge in [0.25, 0.3) is 0 Å². The van der Waals surface area contributed by atoms with Crippen LogP contribution in [-0.4, -0.2) is 167 Å². The molecular weight excluding hydrogens is 1130 g/mol. The lowest BCUT2D eigenvalue weighted by atomic mass is 10.0. The third kappa shape index (κ3) is 59.8. The predicted octanol–water partition coefficient (Wildman–Crippen LogP) is 19.0. The van der Waals surface area contributed by atoms with E-state index in [0.29, 0.717) is 52.2 Å². The van der Waals surface area contributed by atoms with E-state index in [9.17, 15) is 25.2 Å². The largest absolute Gasteiger partial charge is 0.464 e. The van der Waals surface area contributed by atoms with Crippen molar-refractivity contribution in [1.82, 2.24) is 19.6 Å². The number of ether oxygens (including phenoxy) is 1. The van der Waals surface area contributed by atoms with E-state index in [0.717, 1.165) is 147 Å².